The van der Waals surface area contributed by atoms with Crippen LogP contribution in [0.1, 0.15) is 35.2 Å². The topological polar surface area (TPSA) is 20.3 Å². The molecule has 2 nitrogen and oxygen atoms in total. The highest BCUT2D eigenvalue weighted by molar-refractivity contribution is 6.21. The van der Waals surface area contributed by atoms with Crippen LogP contribution in [0.5, 0.6) is 0 Å². The van der Waals surface area contributed by atoms with E-state index in [-0.39, 0.29) is 5.78 Å². The second-order valence-corrected chi connectivity index (χ2v) is 5.65. The van der Waals surface area contributed by atoms with Gasteiger partial charge in [-0.2, -0.15) is 0 Å². The Balaban J connectivity index is 1.93. The van der Waals surface area contributed by atoms with Crippen molar-refractivity contribution in [2.75, 3.05) is 13.1 Å². The molecule has 100 valence electrons. The van der Waals surface area contributed by atoms with Crippen LogP contribution in [0.25, 0.3) is 16.5 Å². The summed E-state index contributed by atoms with van der Waals surface area (Å²) in [6.07, 6.45) is 5.59. The van der Waals surface area contributed by atoms with Crippen LogP contribution in [-0.2, 0) is 0 Å². The Labute approximate surface area is 118 Å². The number of benzene rings is 2. The quantitative estimate of drug-likeness (QED) is 0.778. The van der Waals surface area contributed by atoms with Crippen LogP contribution in [0.2, 0.25) is 0 Å². The molecule has 0 spiro atoms. The number of rotatable bonds is 1. The van der Waals surface area contributed by atoms with Gasteiger partial charge in [-0.25, -0.2) is 0 Å². The zero-order valence-electron chi connectivity index (χ0n) is 11.4. The molecule has 1 fully saturated rings. The molecular formula is C18H17NO. The number of carbonyl (C=O) groups is 1. The number of likely N-dealkylation sites (tertiary alicyclic amines) is 1. The second kappa shape index (κ2) is 4.48. The first-order valence-corrected chi connectivity index (χ1v) is 7.38. The third kappa shape index (κ3) is 1.68. The Bertz CT molecular complexity index is 718. The fraction of sp³-hybridized carbons (Fsp3) is 0.278. The second-order valence-electron chi connectivity index (χ2n) is 5.65. The van der Waals surface area contributed by atoms with E-state index in [9.17, 15) is 4.79 Å². The van der Waals surface area contributed by atoms with Crippen molar-refractivity contribution in [3.8, 4) is 0 Å². The summed E-state index contributed by atoms with van der Waals surface area (Å²) in [4.78, 5) is 14.8. The molecule has 0 N–H and O–H groups in total. The summed E-state index contributed by atoms with van der Waals surface area (Å²) < 4.78 is 0. The number of piperidine rings is 1. The predicted molar refractivity (Wildman–Crippen MR) is 81.7 cm³/mol. The van der Waals surface area contributed by atoms with E-state index in [0.717, 1.165) is 35.1 Å². The van der Waals surface area contributed by atoms with Gasteiger partial charge in [-0.1, -0.05) is 36.4 Å². The summed E-state index contributed by atoms with van der Waals surface area (Å²) in [6.45, 7) is 2.13. The summed E-state index contributed by atoms with van der Waals surface area (Å²) in [5, 5.41) is 2.29. The number of ketones is 1. The number of carbonyl (C=O) groups excluding carboxylic acids is 1. The molecule has 0 aromatic heterocycles. The maximum absolute atomic E-state index is 12.4. The lowest BCUT2D eigenvalue weighted by Gasteiger charge is -2.33. The Morgan fingerprint density at radius 3 is 2.30 bits per heavy atom. The van der Waals surface area contributed by atoms with Gasteiger partial charge in [-0.15, -0.1) is 0 Å². The van der Waals surface area contributed by atoms with Crippen LogP contribution < -0.4 is 0 Å². The molecule has 1 aliphatic carbocycles. The van der Waals surface area contributed by atoms with Crippen molar-refractivity contribution in [1.82, 2.24) is 4.90 Å². The first kappa shape index (κ1) is 11.7. The molecule has 0 bridgehead atoms. The van der Waals surface area contributed by atoms with Gasteiger partial charge in [0.05, 0.1) is 0 Å². The molecule has 2 aromatic rings. The molecule has 0 amide bonds. The Morgan fingerprint density at radius 2 is 1.55 bits per heavy atom. The van der Waals surface area contributed by atoms with Gasteiger partial charge in [-0.05, 0) is 24.6 Å². The largest absolute Gasteiger partial charge is 0.371 e. The molecule has 0 saturated carbocycles. The van der Waals surface area contributed by atoms with Crippen molar-refractivity contribution in [2.24, 2.45) is 0 Å². The van der Waals surface area contributed by atoms with Crippen LogP contribution in [-0.4, -0.2) is 23.8 Å². The monoisotopic (exact) mass is 263 g/mol. The average Bonchev–Trinajstić information content (AvgIpc) is 2.52. The van der Waals surface area contributed by atoms with Crippen molar-refractivity contribution in [3.63, 3.8) is 0 Å². The van der Waals surface area contributed by atoms with E-state index < -0.39 is 0 Å². The minimum atomic E-state index is 0.148. The third-order valence-corrected chi connectivity index (χ3v) is 4.41. The fourth-order valence-corrected chi connectivity index (χ4v) is 3.44. The van der Waals surface area contributed by atoms with Crippen LogP contribution >= 0.6 is 0 Å². The number of nitrogens with zero attached hydrogens (tertiary/aromatic N) is 1. The molecule has 1 aliphatic heterocycles. The Kier molecular flexibility index (Phi) is 2.62. The molecule has 1 heterocycles. The van der Waals surface area contributed by atoms with Gasteiger partial charge >= 0.3 is 0 Å². The van der Waals surface area contributed by atoms with Crippen LogP contribution in [0.4, 0.5) is 0 Å². The molecule has 0 atom stereocenters. The normalized spacial score (nSPS) is 18.3. The van der Waals surface area contributed by atoms with Crippen molar-refractivity contribution < 1.29 is 4.79 Å². The average molecular weight is 263 g/mol. The maximum Gasteiger partial charge on any atom is 0.188 e. The van der Waals surface area contributed by atoms with Crippen LogP contribution in [0.3, 0.4) is 0 Å². The SMILES string of the molecule is O=C1C=C(N2CCCCC2)c2cccc3cccc1c23. The summed E-state index contributed by atoms with van der Waals surface area (Å²) in [5.74, 6) is 0.148. The minimum absolute atomic E-state index is 0.148. The molecule has 2 aliphatic rings. The van der Waals surface area contributed by atoms with E-state index in [2.05, 4.69) is 29.2 Å². The number of hydrogen-bond acceptors (Lipinski definition) is 2. The molecule has 20 heavy (non-hydrogen) atoms. The highest BCUT2D eigenvalue weighted by Crippen LogP contribution is 2.35. The van der Waals surface area contributed by atoms with Gasteiger partial charge in [-0.3, -0.25) is 4.79 Å². The molecule has 4 rings (SSSR count). The summed E-state index contributed by atoms with van der Waals surface area (Å²) in [7, 11) is 0. The van der Waals surface area contributed by atoms with E-state index in [0.29, 0.717) is 0 Å². The summed E-state index contributed by atoms with van der Waals surface area (Å²) in [6, 6.07) is 12.3. The Hall–Kier alpha value is -2.09. The van der Waals surface area contributed by atoms with Crippen molar-refractivity contribution >= 4 is 22.3 Å². The number of hydrogen-bond donors (Lipinski definition) is 0. The standard InChI is InChI=1S/C18H17NO/c20-17-12-16(19-10-2-1-3-11-19)14-8-4-6-13-7-5-9-15(17)18(13)14/h4-9,12H,1-3,10-11H2. The zero-order valence-corrected chi connectivity index (χ0v) is 11.4. The minimum Gasteiger partial charge on any atom is -0.371 e. The van der Waals surface area contributed by atoms with Crippen LogP contribution in [0, 0.1) is 0 Å². The van der Waals surface area contributed by atoms with E-state index in [4.69, 9.17) is 0 Å². The van der Waals surface area contributed by atoms with Gasteiger partial charge in [0.1, 0.15) is 0 Å². The van der Waals surface area contributed by atoms with Gasteiger partial charge in [0.15, 0.2) is 5.78 Å². The molecule has 1 saturated heterocycles. The van der Waals surface area contributed by atoms with Crippen LogP contribution in [0.15, 0.2) is 42.5 Å². The lowest BCUT2D eigenvalue weighted by molar-refractivity contribution is 0.104. The van der Waals surface area contributed by atoms with Gasteiger partial charge < -0.3 is 4.90 Å². The van der Waals surface area contributed by atoms with E-state index in [1.165, 1.54) is 24.8 Å². The molecule has 2 heteroatoms. The number of allylic oxidation sites excluding steroid dienone is 1. The highest BCUT2D eigenvalue weighted by atomic mass is 16.1. The first-order valence-electron chi connectivity index (χ1n) is 7.38. The smallest absolute Gasteiger partial charge is 0.188 e. The molecule has 0 radical (unpaired) electrons. The highest BCUT2D eigenvalue weighted by Gasteiger charge is 2.24. The van der Waals surface area contributed by atoms with E-state index >= 15 is 0 Å². The molecule has 0 unspecified atom stereocenters. The van der Waals surface area contributed by atoms with Gasteiger partial charge in [0, 0.05) is 41.4 Å². The van der Waals surface area contributed by atoms with E-state index in [1.54, 1.807) is 0 Å². The van der Waals surface area contributed by atoms with E-state index in [1.807, 2.05) is 18.2 Å². The van der Waals surface area contributed by atoms with Crippen molar-refractivity contribution in [3.05, 3.63) is 53.6 Å². The lowest BCUT2D eigenvalue weighted by atomic mass is 9.89. The van der Waals surface area contributed by atoms with Crippen molar-refractivity contribution in [2.45, 2.75) is 19.3 Å². The summed E-state index contributed by atoms with van der Waals surface area (Å²) in [5.41, 5.74) is 3.19. The first-order chi connectivity index (χ1) is 9.84. The summed E-state index contributed by atoms with van der Waals surface area (Å²) >= 11 is 0. The Morgan fingerprint density at radius 1 is 0.850 bits per heavy atom. The fourth-order valence-electron chi connectivity index (χ4n) is 3.44. The molecular weight excluding hydrogens is 246 g/mol. The zero-order chi connectivity index (χ0) is 13.5. The van der Waals surface area contributed by atoms with Gasteiger partial charge in [0.2, 0.25) is 0 Å². The lowest BCUT2D eigenvalue weighted by Crippen LogP contribution is -2.29. The van der Waals surface area contributed by atoms with Gasteiger partial charge in [0.25, 0.3) is 0 Å². The molecule has 2 aromatic carbocycles. The maximum atomic E-state index is 12.4. The van der Waals surface area contributed by atoms with Crippen molar-refractivity contribution in [1.29, 1.82) is 0 Å². The third-order valence-electron chi connectivity index (χ3n) is 4.41. The predicted octanol–water partition coefficient (Wildman–Crippen LogP) is 3.86.